The molecule has 0 N–H and O–H groups in total. The fourth-order valence-corrected chi connectivity index (χ4v) is 4.32. The van der Waals surface area contributed by atoms with E-state index in [-0.39, 0.29) is 17.9 Å². The first-order valence-electron chi connectivity index (χ1n) is 10.1. The SMILES string of the molecule is COc1ccc([C@H]2CCCN2C(=O)c2cccc(N3CCCC3=O)c2)c(OC)c1. The first-order chi connectivity index (χ1) is 14.1. The van der Waals surface area contributed by atoms with Gasteiger partial charge in [0.05, 0.1) is 20.3 Å². The number of likely N-dealkylation sites (tertiary alicyclic amines) is 1. The zero-order valence-corrected chi connectivity index (χ0v) is 16.9. The Hall–Kier alpha value is -3.02. The Kier molecular flexibility index (Phi) is 5.43. The van der Waals surface area contributed by atoms with Gasteiger partial charge in [0.2, 0.25) is 5.91 Å². The highest BCUT2D eigenvalue weighted by Crippen LogP contribution is 2.39. The van der Waals surface area contributed by atoms with E-state index in [0.29, 0.717) is 25.1 Å². The third kappa shape index (κ3) is 3.67. The average molecular weight is 394 g/mol. The summed E-state index contributed by atoms with van der Waals surface area (Å²) in [6.07, 6.45) is 3.26. The van der Waals surface area contributed by atoms with E-state index < -0.39 is 0 Å². The largest absolute Gasteiger partial charge is 0.497 e. The fraction of sp³-hybridized carbons (Fsp3) is 0.391. The van der Waals surface area contributed by atoms with Crippen molar-refractivity contribution in [3.05, 3.63) is 53.6 Å². The Morgan fingerprint density at radius 2 is 1.90 bits per heavy atom. The normalized spacial score (nSPS) is 19.0. The maximum Gasteiger partial charge on any atom is 0.254 e. The molecule has 0 aromatic heterocycles. The van der Waals surface area contributed by atoms with Gasteiger partial charge in [0, 0.05) is 42.4 Å². The Morgan fingerprint density at radius 1 is 1.03 bits per heavy atom. The van der Waals surface area contributed by atoms with Gasteiger partial charge in [-0.25, -0.2) is 0 Å². The lowest BCUT2D eigenvalue weighted by Crippen LogP contribution is -2.31. The zero-order chi connectivity index (χ0) is 20.4. The summed E-state index contributed by atoms with van der Waals surface area (Å²) in [7, 11) is 3.26. The molecule has 2 aliphatic rings. The molecule has 2 aliphatic heterocycles. The molecule has 29 heavy (non-hydrogen) atoms. The third-order valence-electron chi connectivity index (χ3n) is 5.79. The van der Waals surface area contributed by atoms with Crippen molar-refractivity contribution in [1.29, 1.82) is 0 Å². The summed E-state index contributed by atoms with van der Waals surface area (Å²) < 4.78 is 10.9. The van der Waals surface area contributed by atoms with E-state index >= 15 is 0 Å². The predicted molar refractivity (Wildman–Crippen MR) is 111 cm³/mol. The summed E-state index contributed by atoms with van der Waals surface area (Å²) in [5.74, 6) is 1.56. The minimum atomic E-state index is -0.0413. The van der Waals surface area contributed by atoms with Crippen molar-refractivity contribution in [3.63, 3.8) is 0 Å². The van der Waals surface area contributed by atoms with Crippen LogP contribution in [0.4, 0.5) is 5.69 Å². The summed E-state index contributed by atoms with van der Waals surface area (Å²) >= 11 is 0. The van der Waals surface area contributed by atoms with Crippen LogP contribution in [0.3, 0.4) is 0 Å². The molecule has 2 saturated heterocycles. The number of anilines is 1. The van der Waals surface area contributed by atoms with Crippen molar-refractivity contribution in [2.45, 2.75) is 31.7 Å². The molecular formula is C23H26N2O4. The standard InChI is InChI=1S/C23H26N2O4/c1-28-18-10-11-19(21(15-18)29-2)20-8-4-13-25(20)23(27)16-6-3-7-17(14-16)24-12-5-9-22(24)26/h3,6-7,10-11,14-15,20H,4-5,8-9,12-13H2,1-2H3/t20-/m1/s1. The molecule has 4 rings (SSSR count). The molecular weight excluding hydrogens is 368 g/mol. The topological polar surface area (TPSA) is 59.1 Å². The molecule has 0 bridgehead atoms. The number of carbonyl (C=O) groups is 2. The van der Waals surface area contributed by atoms with E-state index in [0.717, 1.165) is 42.0 Å². The van der Waals surface area contributed by atoms with Crippen LogP contribution in [0.2, 0.25) is 0 Å². The molecule has 0 saturated carbocycles. The van der Waals surface area contributed by atoms with E-state index in [1.54, 1.807) is 19.1 Å². The summed E-state index contributed by atoms with van der Waals surface area (Å²) in [5, 5.41) is 0. The van der Waals surface area contributed by atoms with E-state index in [1.165, 1.54) is 0 Å². The molecule has 0 unspecified atom stereocenters. The molecule has 6 nitrogen and oxygen atoms in total. The molecule has 0 spiro atoms. The highest BCUT2D eigenvalue weighted by atomic mass is 16.5. The highest BCUT2D eigenvalue weighted by Gasteiger charge is 2.33. The van der Waals surface area contributed by atoms with Crippen LogP contribution in [-0.2, 0) is 4.79 Å². The molecule has 2 amide bonds. The Labute approximate surface area is 171 Å². The van der Waals surface area contributed by atoms with E-state index in [1.807, 2.05) is 47.4 Å². The quantitative estimate of drug-likeness (QED) is 0.774. The van der Waals surface area contributed by atoms with Crippen molar-refractivity contribution < 1.29 is 19.1 Å². The van der Waals surface area contributed by atoms with Crippen LogP contribution in [0.1, 0.15) is 47.6 Å². The van der Waals surface area contributed by atoms with E-state index in [9.17, 15) is 9.59 Å². The van der Waals surface area contributed by atoms with Crippen LogP contribution in [-0.4, -0.2) is 44.0 Å². The first kappa shape index (κ1) is 19.3. The molecule has 1 atom stereocenters. The van der Waals surface area contributed by atoms with E-state index in [4.69, 9.17) is 9.47 Å². The maximum absolute atomic E-state index is 13.4. The van der Waals surface area contributed by atoms with Crippen LogP contribution in [0.25, 0.3) is 0 Å². The second-order valence-corrected chi connectivity index (χ2v) is 7.46. The van der Waals surface area contributed by atoms with Gasteiger partial charge in [-0.3, -0.25) is 9.59 Å². The van der Waals surface area contributed by atoms with Gasteiger partial charge in [-0.05, 0) is 49.6 Å². The molecule has 2 heterocycles. The van der Waals surface area contributed by atoms with Crippen molar-refractivity contribution in [1.82, 2.24) is 4.90 Å². The first-order valence-corrected chi connectivity index (χ1v) is 10.1. The van der Waals surface area contributed by atoms with Crippen molar-refractivity contribution >= 4 is 17.5 Å². The molecule has 0 aliphatic carbocycles. The van der Waals surface area contributed by atoms with Crippen LogP contribution >= 0.6 is 0 Å². The maximum atomic E-state index is 13.4. The summed E-state index contributed by atoms with van der Waals surface area (Å²) in [4.78, 5) is 29.1. The van der Waals surface area contributed by atoms with Gasteiger partial charge in [-0.2, -0.15) is 0 Å². The van der Waals surface area contributed by atoms with Crippen LogP contribution in [0, 0.1) is 0 Å². The average Bonchev–Trinajstić information content (AvgIpc) is 3.41. The molecule has 2 aromatic rings. The van der Waals surface area contributed by atoms with Gasteiger partial charge in [-0.1, -0.05) is 6.07 Å². The Balaban J connectivity index is 1.61. The van der Waals surface area contributed by atoms with E-state index in [2.05, 4.69) is 0 Å². The molecule has 2 fully saturated rings. The monoisotopic (exact) mass is 394 g/mol. The minimum absolute atomic E-state index is 0.0149. The molecule has 152 valence electrons. The second kappa shape index (κ2) is 8.15. The number of rotatable bonds is 5. The molecule has 2 aromatic carbocycles. The second-order valence-electron chi connectivity index (χ2n) is 7.46. The number of hydrogen-bond donors (Lipinski definition) is 0. The number of methoxy groups -OCH3 is 2. The summed E-state index contributed by atoms with van der Waals surface area (Å²) in [6, 6.07) is 13.1. The Morgan fingerprint density at radius 3 is 2.62 bits per heavy atom. The number of ether oxygens (including phenoxy) is 2. The summed E-state index contributed by atoms with van der Waals surface area (Å²) in [6.45, 7) is 1.41. The van der Waals surface area contributed by atoms with Crippen LogP contribution < -0.4 is 14.4 Å². The van der Waals surface area contributed by atoms with Crippen molar-refractivity contribution in [2.24, 2.45) is 0 Å². The van der Waals surface area contributed by atoms with Crippen molar-refractivity contribution in [2.75, 3.05) is 32.2 Å². The van der Waals surface area contributed by atoms with Gasteiger partial charge in [0.15, 0.2) is 0 Å². The number of benzene rings is 2. The van der Waals surface area contributed by atoms with Gasteiger partial charge in [-0.15, -0.1) is 0 Å². The fourth-order valence-electron chi connectivity index (χ4n) is 4.32. The third-order valence-corrected chi connectivity index (χ3v) is 5.79. The lowest BCUT2D eigenvalue weighted by molar-refractivity contribution is -0.117. The lowest BCUT2D eigenvalue weighted by atomic mass is 10.0. The predicted octanol–water partition coefficient (Wildman–Crippen LogP) is 3.81. The number of nitrogens with zero attached hydrogens (tertiary/aromatic N) is 2. The van der Waals surface area contributed by atoms with Gasteiger partial charge < -0.3 is 19.3 Å². The summed E-state index contributed by atoms with van der Waals surface area (Å²) in [5.41, 5.74) is 2.41. The van der Waals surface area contributed by atoms with Gasteiger partial charge >= 0.3 is 0 Å². The smallest absolute Gasteiger partial charge is 0.254 e. The van der Waals surface area contributed by atoms with Crippen LogP contribution in [0.5, 0.6) is 11.5 Å². The van der Waals surface area contributed by atoms with Gasteiger partial charge in [0.1, 0.15) is 11.5 Å². The Bertz CT molecular complexity index is 927. The highest BCUT2D eigenvalue weighted by molar-refractivity contribution is 5.99. The molecule has 6 heteroatoms. The zero-order valence-electron chi connectivity index (χ0n) is 16.9. The van der Waals surface area contributed by atoms with Crippen LogP contribution in [0.15, 0.2) is 42.5 Å². The number of amides is 2. The minimum Gasteiger partial charge on any atom is -0.497 e. The van der Waals surface area contributed by atoms with Crippen molar-refractivity contribution in [3.8, 4) is 11.5 Å². The van der Waals surface area contributed by atoms with Gasteiger partial charge in [0.25, 0.3) is 5.91 Å². The number of hydrogen-bond acceptors (Lipinski definition) is 4. The molecule has 0 radical (unpaired) electrons. The number of carbonyl (C=O) groups excluding carboxylic acids is 2. The lowest BCUT2D eigenvalue weighted by Gasteiger charge is -2.27.